The van der Waals surface area contributed by atoms with Crippen molar-refractivity contribution in [3.05, 3.63) is 0 Å². The van der Waals surface area contributed by atoms with E-state index in [0.29, 0.717) is 5.92 Å². The average Bonchev–Trinajstić information content (AvgIpc) is 2.53. The van der Waals surface area contributed by atoms with Crippen molar-refractivity contribution in [1.29, 1.82) is 0 Å². The van der Waals surface area contributed by atoms with Gasteiger partial charge in [0.15, 0.2) is 0 Å². The molecule has 0 aliphatic heterocycles. The number of hydrogen-bond donors (Lipinski definition) is 1. The second-order valence-corrected chi connectivity index (χ2v) is 7.31. The topological polar surface area (TPSA) is 37.3 Å². The van der Waals surface area contributed by atoms with Crippen LogP contribution in [-0.2, 0) is 4.79 Å². The lowest BCUT2D eigenvalue weighted by Crippen LogP contribution is -2.25. The number of rotatable bonds is 13. The number of unbranched alkanes of at least 4 members (excludes halogenated alkanes) is 9. The van der Waals surface area contributed by atoms with Crippen LogP contribution >= 0.6 is 0 Å². The second-order valence-electron chi connectivity index (χ2n) is 7.31. The Morgan fingerprint density at radius 1 is 0.864 bits per heavy atom. The zero-order valence-electron chi connectivity index (χ0n) is 14.8. The monoisotopic (exact) mass is 310 g/mol. The van der Waals surface area contributed by atoms with Gasteiger partial charge in [-0.25, -0.2) is 0 Å². The molecule has 0 aromatic carbocycles. The quantitative estimate of drug-likeness (QED) is 0.390. The number of carboxylic acids is 1. The van der Waals surface area contributed by atoms with E-state index < -0.39 is 5.97 Å². The Morgan fingerprint density at radius 3 is 1.86 bits per heavy atom. The average molecular weight is 311 g/mol. The van der Waals surface area contributed by atoms with Crippen LogP contribution in [0.25, 0.3) is 0 Å². The highest BCUT2D eigenvalue weighted by molar-refractivity contribution is 5.70. The Kier molecular flexibility index (Phi) is 11.5. The lowest BCUT2D eigenvalue weighted by Gasteiger charge is -2.27. The van der Waals surface area contributed by atoms with Gasteiger partial charge < -0.3 is 5.11 Å². The molecule has 1 aliphatic rings. The third-order valence-electron chi connectivity index (χ3n) is 5.40. The van der Waals surface area contributed by atoms with Crippen molar-refractivity contribution in [1.82, 2.24) is 0 Å². The normalized spacial score (nSPS) is 17.5. The standard InChI is InChI=1S/C20H38O2/c1-2-3-4-5-6-7-8-9-10-14-17-19(20(21)22)18-15-12-11-13-16-18/h18-19H,2-17H2,1H3,(H,21,22). The fraction of sp³-hybridized carbons (Fsp3) is 0.950. The van der Waals surface area contributed by atoms with Gasteiger partial charge in [-0.2, -0.15) is 0 Å². The number of carboxylic acid groups (broad SMARTS) is 1. The van der Waals surface area contributed by atoms with Crippen LogP contribution in [0.2, 0.25) is 0 Å². The van der Waals surface area contributed by atoms with Crippen LogP contribution in [0.4, 0.5) is 0 Å². The molecule has 0 aromatic rings. The van der Waals surface area contributed by atoms with Gasteiger partial charge in [0.2, 0.25) is 0 Å². The molecule has 2 heteroatoms. The third kappa shape index (κ3) is 8.80. The van der Waals surface area contributed by atoms with Gasteiger partial charge >= 0.3 is 5.97 Å². The van der Waals surface area contributed by atoms with Crippen LogP contribution in [0.5, 0.6) is 0 Å². The SMILES string of the molecule is CCCCCCCCCCCCC(C(=O)O)C1CCCCC1. The maximum atomic E-state index is 11.5. The van der Waals surface area contributed by atoms with E-state index in [1.165, 1.54) is 77.0 Å². The molecule has 1 N–H and O–H groups in total. The maximum Gasteiger partial charge on any atom is 0.306 e. The van der Waals surface area contributed by atoms with Crippen molar-refractivity contribution < 1.29 is 9.90 Å². The van der Waals surface area contributed by atoms with E-state index in [1.54, 1.807) is 0 Å². The Bertz CT molecular complexity index is 269. The Balaban J connectivity index is 2.00. The summed E-state index contributed by atoms with van der Waals surface area (Å²) in [6.45, 7) is 2.26. The summed E-state index contributed by atoms with van der Waals surface area (Å²) in [6.07, 6.45) is 20.2. The van der Waals surface area contributed by atoms with Gasteiger partial charge in [-0.15, -0.1) is 0 Å². The molecule has 1 fully saturated rings. The molecule has 130 valence electrons. The molecular formula is C20H38O2. The first-order chi connectivity index (χ1) is 10.8. The van der Waals surface area contributed by atoms with Crippen molar-refractivity contribution in [3.8, 4) is 0 Å². The van der Waals surface area contributed by atoms with Crippen LogP contribution in [0.1, 0.15) is 110 Å². The summed E-state index contributed by atoms with van der Waals surface area (Å²) >= 11 is 0. The summed E-state index contributed by atoms with van der Waals surface area (Å²) in [6, 6.07) is 0. The lowest BCUT2D eigenvalue weighted by atomic mass is 9.78. The number of hydrogen-bond acceptors (Lipinski definition) is 1. The minimum Gasteiger partial charge on any atom is -0.481 e. The Labute approximate surface area is 138 Å². The Morgan fingerprint density at radius 2 is 1.36 bits per heavy atom. The minimum absolute atomic E-state index is 0.0608. The molecule has 0 radical (unpaired) electrons. The molecule has 22 heavy (non-hydrogen) atoms. The molecule has 1 saturated carbocycles. The highest BCUT2D eigenvalue weighted by atomic mass is 16.4. The smallest absolute Gasteiger partial charge is 0.306 e. The number of aliphatic carboxylic acids is 1. The van der Waals surface area contributed by atoms with E-state index in [-0.39, 0.29) is 5.92 Å². The zero-order valence-corrected chi connectivity index (χ0v) is 14.8. The van der Waals surface area contributed by atoms with E-state index in [4.69, 9.17) is 0 Å². The van der Waals surface area contributed by atoms with Crippen LogP contribution in [-0.4, -0.2) is 11.1 Å². The summed E-state index contributed by atoms with van der Waals surface area (Å²) in [5, 5.41) is 9.47. The van der Waals surface area contributed by atoms with E-state index in [0.717, 1.165) is 25.7 Å². The summed E-state index contributed by atoms with van der Waals surface area (Å²) < 4.78 is 0. The first-order valence-electron chi connectivity index (χ1n) is 9.98. The molecule has 2 nitrogen and oxygen atoms in total. The first kappa shape index (κ1) is 19.5. The summed E-state index contributed by atoms with van der Waals surface area (Å²) in [5.41, 5.74) is 0. The van der Waals surface area contributed by atoms with Gasteiger partial charge in [0.05, 0.1) is 5.92 Å². The fourth-order valence-corrected chi connectivity index (χ4v) is 3.95. The van der Waals surface area contributed by atoms with E-state index in [2.05, 4.69) is 6.92 Å². The van der Waals surface area contributed by atoms with Gasteiger partial charge in [-0.05, 0) is 25.2 Å². The molecule has 0 spiro atoms. The third-order valence-corrected chi connectivity index (χ3v) is 5.40. The van der Waals surface area contributed by atoms with Gasteiger partial charge in [0, 0.05) is 0 Å². The molecule has 1 unspecified atom stereocenters. The highest BCUT2D eigenvalue weighted by Gasteiger charge is 2.28. The summed E-state index contributed by atoms with van der Waals surface area (Å²) in [4.78, 5) is 11.5. The van der Waals surface area contributed by atoms with Crippen LogP contribution in [0.3, 0.4) is 0 Å². The summed E-state index contributed by atoms with van der Waals surface area (Å²) in [5.74, 6) is -0.137. The van der Waals surface area contributed by atoms with Crippen LogP contribution in [0, 0.1) is 11.8 Å². The number of carbonyl (C=O) groups is 1. The molecule has 0 heterocycles. The van der Waals surface area contributed by atoms with Gasteiger partial charge in [0.1, 0.15) is 0 Å². The van der Waals surface area contributed by atoms with E-state index in [9.17, 15) is 9.90 Å². The molecule has 1 atom stereocenters. The molecule has 0 aromatic heterocycles. The zero-order chi connectivity index (χ0) is 16.0. The van der Waals surface area contributed by atoms with E-state index >= 15 is 0 Å². The van der Waals surface area contributed by atoms with E-state index in [1.807, 2.05) is 0 Å². The van der Waals surface area contributed by atoms with Crippen molar-refractivity contribution in [3.63, 3.8) is 0 Å². The molecule has 0 saturated heterocycles. The van der Waals surface area contributed by atoms with Crippen molar-refractivity contribution >= 4 is 5.97 Å². The van der Waals surface area contributed by atoms with Crippen LogP contribution in [0.15, 0.2) is 0 Å². The predicted octanol–water partition coefficient (Wildman–Crippen LogP) is 6.58. The fourth-order valence-electron chi connectivity index (χ4n) is 3.95. The minimum atomic E-state index is -0.539. The molecule has 0 amide bonds. The maximum absolute atomic E-state index is 11.5. The molecule has 0 bridgehead atoms. The molecule has 1 aliphatic carbocycles. The lowest BCUT2D eigenvalue weighted by molar-refractivity contribution is -0.144. The van der Waals surface area contributed by atoms with Crippen LogP contribution < -0.4 is 0 Å². The molecule has 1 rings (SSSR count). The summed E-state index contributed by atoms with van der Waals surface area (Å²) in [7, 11) is 0. The second kappa shape index (κ2) is 13.0. The first-order valence-corrected chi connectivity index (χ1v) is 9.98. The highest BCUT2D eigenvalue weighted by Crippen LogP contribution is 2.33. The van der Waals surface area contributed by atoms with Crippen molar-refractivity contribution in [2.24, 2.45) is 11.8 Å². The van der Waals surface area contributed by atoms with Crippen molar-refractivity contribution in [2.45, 2.75) is 110 Å². The van der Waals surface area contributed by atoms with Gasteiger partial charge in [0.25, 0.3) is 0 Å². The predicted molar refractivity (Wildman–Crippen MR) is 94.2 cm³/mol. The van der Waals surface area contributed by atoms with Gasteiger partial charge in [-0.1, -0.05) is 90.4 Å². The van der Waals surface area contributed by atoms with Crippen molar-refractivity contribution in [2.75, 3.05) is 0 Å². The van der Waals surface area contributed by atoms with Gasteiger partial charge in [-0.3, -0.25) is 4.79 Å². The Hall–Kier alpha value is -0.530. The molecular weight excluding hydrogens is 272 g/mol. The largest absolute Gasteiger partial charge is 0.481 e.